The van der Waals surface area contributed by atoms with Crippen molar-refractivity contribution in [2.24, 2.45) is 5.73 Å². The Morgan fingerprint density at radius 3 is 2.16 bits per heavy atom. The average Bonchev–Trinajstić information content (AvgIpc) is 2.84. The molecular formula is C29H30F2N2O4. The first-order valence-corrected chi connectivity index (χ1v) is 11.9. The normalized spacial score (nSPS) is 12.1. The molecule has 0 radical (unpaired) electrons. The number of aryl methyl sites for hydroxylation is 1. The molecule has 3 aromatic rings. The topological polar surface area (TPSA) is 98.5 Å². The van der Waals surface area contributed by atoms with Gasteiger partial charge in [-0.1, -0.05) is 36.4 Å². The lowest BCUT2D eigenvalue weighted by atomic mass is 9.93. The molecule has 3 aromatic carbocycles. The molecular weight excluding hydrogens is 478 g/mol. The molecule has 0 saturated heterocycles. The molecule has 3 N–H and O–H groups in total. The van der Waals surface area contributed by atoms with E-state index in [9.17, 15) is 23.2 Å². The van der Waals surface area contributed by atoms with Crippen LogP contribution < -0.4 is 11.1 Å². The van der Waals surface area contributed by atoms with E-state index < -0.39 is 29.4 Å². The molecule has 0 saturated carbocycles. The van der Waals surface area contributed by atoms with E-state index in [0.29, 0.717) is 23.1 Å². The number of amides is 1. The van der Waals surface area contributed by atoms with Gasteiger partial charge in [-0.3, -0.25) is 10.1 Å². The lowest BCUT2D eigenvalue weighted by Crippen LogP contribution is -2.51. The molecule has 1 amide bonds. The molecule has 0 spiro atoms. The Kier molecular flexibility index (Phi) is 8.89. The Bertz CT molecular complexity index is 1270. The number of esters is 2. The van der Waals surface area contributed by atoms with Crippen LogP contribution in [0.5, 0.6) is 0 Å². The van der Waals surface area contributed by atoms with Crippen molar-refractivity contribution >= 4 is 17.8 Å². The fourth-order valence-corrected chi connectivity index (χ4v) is 3.96. The van der Waals surface area contributed by atoms with Gasteiger partial charge in [-0.15, -0.1) is 0 Å². The van der Waals surface area contributed by atoms with Crippen LogP contribution in [0.1, 0.15) is 48.2 Å². The van der Waals surface area contributed by atoms with E-state index in [-0.39, 0.29) is 30.0 Å². The van der Waals surface area contributed by atoms with Crippen molar-refractivity contribution in [3.63, 3.8) is 0 Å². The molecule has 37 heavy (non-hydrogen) atoms. The number of rotatable bonds is 10. The molecule has 194 valence electrons. The lowest BCUT2D eigenvalue weighted by Gasteiger charge is -2.31. The van der Waals surface area contributed by atoms with E-state index in [1.807, 2.05) is 13.8 Å². The summed E-state index contributed by atoms with van der Waals surface area (Å²) < 4.78 is 32.3. The van der Waals surface area contributed by atoms with Gasteiger partial charge in [0.05, 0.1) is 5.56 Å². The number of carbonyl (C=O) groups excluding carboxylic acids is 3. The molecule has 6 nitrogen and oxygen atoms in total. The summed E-state index contributed by atoms with van der Waals surface area (Å²) in [5, 5.41) is 3.15. The van der Waals surface area contributed by atoms with Crippen LogP contribution in [0.2, 0.25) is 0 Å². The second kappa shape index (κ2) is 11.9. The quantitative estimate of drug-likeness (QED) is 0.301. The van der Waals surface area contributed by atoms with Crippen molar-refractivity contribution < 1.29 is 27.9 Å². The van der Waals surface area contributed by atoms with Crippen molar-refractivity contribution in [1.29, 1.82) is 0 Å². The number of ether oxygens (including phenoxy) is 1. The molecule has 0 aliphatic heterocycles. The molecule has 0 aliphatic rings. The van der Waals surface area contributed by atoms with E-state index in [1.165, 1.54) is 30.3 Å². The van der Waals surface area contributed by atoms with E-state index in [2.05, 4.69) is 5.32 Å². The summed E-state index contributed by atoms with van der Waals surface area (Å²) in [6.45, 7) is 5.36. The molecule has 8 heteroatoms. The molecule has 0 aromatic heterocycles. The van der Waals surface area contributed by atoms with Gasteiger partial charge in [0.1, 0.15) is 17.7 Å². The van der Waals surface area contributed by atoms with Gasteiger partial charge < -0.3 is 10.5 Å². The Labute approximate surface area is 214 Å². The predicted octanol–water partition coefficient (Wildman–Crippen LogP) is 4.87. The van der Waals surface area contributed by atoms with Gasteiger partial charge in [0.15, 0.2) is 0 Å². The van der Waals surface area contributed by atoms with E-state index in [4.69, 9.17) is 10.5 Å². The zero-order valence-corrected chi connectivity index (χ0v) is 21.0. The molecule has 0 bridgehead atoms. The smallest absolute Gasteiger partial charge is 0.345 e. The van der Waals surface area contributed by atoms with Gasteiger partial charge in [-0.2, -0.15) is 0 Å². The van der Waals surface area contributed by atoms with Gasteiger partial charge in [0.25, 0.3) is 0 Å². The predicted molar refractivity (Wildman–Crippen MR) is 137 cm³/mol. The number of carbonyl (C=O) groups is 3. The number of nitrogens with two attached hydrogens (primary N) is 1. The summed E-state index contributed by atoms with van der Waals surface area (Å²) in [7, 11) is 0. The van der Waals surface area contributed by atoms with Crippen LogP contribution in [-0.4, -0.2) is 29.4 Å². The van der Waals surface area contributed by atoms with Crippen LogP contribution in [0.3, 0.4) is 0 Å². The maximum atomic E-state index is 13.9. The Morgan fingerprint density at radius 2 is 1.57 bits per heavy atom. The Morgan fingerprint density at radius 1 is 0.946 bits per heavy atom. The Hall–Kier alpha value is -3.91. The minimum absolute atomic E-state index is 0.0339. The molecule has 0 fully saturated rings. The van der Waals surface area contributed by atoms with Crippen LogP contribution in [-0.2, 0) is 20.7 Å². The maximum Gasteiger partial charge on any atom is 0.345 e. The average molecular weight is 509 g/mol. The third-order valence-corrected chi connectivity index (χ3v) is 5.91. The molecule has 0 aliphatic carbocycles. The first-order valence-electron chi connectivity index (χ1n) is 11.9. The highest BCUT2D eigenvalue weighted by molar-refractivity contribution is 5.98. The zero-order chi connectivity index (χ0) is 27.2. The molecule has 3 rings (SSSR count). The van der Waals surface area contributed by atoms with Gasteiger partial charge in [0.2, 0.25) is 5.91 Å². The van der Waals surface area contributed by atoms with Gasteiger partial charge in [-0.25, -0.2) is 18.4 Å². The summed E-state index contributed by atoms with van der Waals surface area (Å²) in [5.74, 6) is -2.97. The SMILES string of the molecule is Cc1ccc(-c2ccc(C(=O)OC(=O)[C@H](CCC(N)=O)NC(C)(C)Cc3ccc(F)cc3)cc2)cc1F. The summed E-state index contributed by atoms with van der Waals surface area (Å²) in [6.07, 6.45) is 0.393. The highest BCUT2D eigenvalue weighted by atomic mass is 19.1. The second-order valence-electron chi connectivity index (χ2n) is 9.64. The first kappa shape index (κ1) is 27.7. The summed E-state index contributed by atoms with van der Waals surface area (Å²) in [4.78, 5) is 37.0. The molecule has 1 atom stereocenters. The van der Waals surface area contributed by atoms with Crippen molar-refractivity contribution in [2.75, 3.05) is 0 Å². The van der Waals surface area contributed by atoms with E-state index in [1.54, 1.807) is 43.3 Å². The first-order chi connectivity index (χ1) is 17.4. The molecule has 0 unspecified atom stereocenters. The number of primary amides is 1. The largest absolute Gasteiger partial charge is 0.388 e. The fraction of sp³-hybridized carbons (Fsp3) is 0.276. The van der Waals surface area contributed by atoms with Crippen molar-refractivity contribution in [1.82, 2.24) is 5.32 Å². The van der Waals surface area contributed by atoms with Gasteiger partial charge >= 0.3 is 11.9 Å². The van der Waals surface area contributed by atoms with Crippen LogP contribution in [0.4, 0.5) is 8.78 Å². The van der Waals surface area contributed by atoms with Gasteiger partial charge in [0, 0.05) is 12.0 Å². The minimum atomic E-state index is -0.985. The number of nitrogens with one attached hydrogen (secondary N) is 1. The summed E-state index contributed by atoms with van der Waals surface area (Å²) >= 11 is 0. The van der Waals surface area contributed by atoms with Gasteiger partial charge in [-0.05, 0) is 86.2 Å². The number of hydrogen-bond donors (Lipinski definition) is 2. The summed E-state index contributed by atoms with van der Waals surface area (Å²) in [6, 6.07) is 16.1. The lowest BCUT2D eigenvalue weighted by molar-refractivity contribution is -0.141. The maximum absolute atomic E-state index is 13.9. The second-order valence-corrected chi connectivity index (χ2v) is 9.64. The van der Waals surface area contributed by atoms with E-state index >= 15 is 0 Å². The molecule has 0 heterocycles. The number of halogens is 2. The monoisotopic (exact) mass is 508 g/mol. The number of benzene rings is 3. The highest BCUT2D eigenvalue weighted by Gasteiger charge is 2.30. The standard InChI is InChI=1S/C29H30F2N2O4/c1-18-4-7-22(16-24(18)31)20-8-10-21(11-9-20)27(35)37-28(36)25(14-15-26(32)34)33-29(2,3)17-19-5-12-23(30)13-6-19/h4-13,16,25,33H,14-15,17H2,1-3H3,(H2,32,34)/t25-/m0/s1. The third-order valence-electron chi connectivity index (χ3n) is 5.91. The number of hydrogen-bond acceptors (Lipinski definition) is 5. The van der Waals surface area contributed by atoms with E-state index in [0.717, 1.165) is 5.56 Å². The Balaban J connectivity index is 1.69. The van der Waals surface area contributed by atoms with Crippen LogP contribution in [0.15, 0.2) is 66.7 Å². The van der Waals surface area contributed by atoms with Crippen molar-refractivity contribution in [2.45, 2.75) is 51.6 Å². The third kappa shape index (κ3) is 8.05. The van der Waals surface area contributed by atoms with Crippen molar-refractivity contribution in [3.8, 4) is 11.1 Å². The zero-order valence-electron chi connectivity index (χ0n) is 21.0. The van der Waals surface area contributed by atoms with Crippen LogP contribution in [0.25, 0.3) is 11.1 Å². The van der Waals surface area contributed by atoms with Crippen LogP contribution >= 0.6 is 0 Å². The van der Waals surface area contributed by atoms with Crippen molar-refractivity contribution in [3.05, 3.63) is 95.1 Å². The summed E-state index contributed by atoms with van der Waals surface area (Å²) in [5.41, 5.74) is 7.47. The highest BCUT2D eigenvalue weighted by Crippen LogP contribution is 2.23. The fourth-order valence-electron chi connectivity index (χ4n) is 3.96. The minimum Gasteiger partial charge on any atom is -0.388 e. The van der Waals surface area contributed by atoms with Crippen LogP contribution in [0, 0.1) is 18.6 Å².